The Morgan fingerprint density at radius 3 is 2.28 bits per heavy atom. The van der Waals surface area contributed by atoms with Gasteiger partial charge in [-0.05, 0) is 99.5 Å². The van der Waals surface area contributed by atoms with Crippen LogP contribution in [0.1, 0.15) is 63.4 Å². The molecule has 0 amide bonds. The molecular weight excluding hydrogens is 395 g/mol. The lowest BCUT2D eigenvalue weighted by Gasteiger charge is -2.37. The van der Waals surface area contributed by atoms with Gasteiger partial charge < -0.3 is 9.47 Å². The van der Waals surface area contributed by atoms with Gasteiger partial charge in [0.15, 0.2) is 0 Å². The summed E-state index contributed by atoms with van der Waals surface area (Å²) >= 11 is 0. The van der Waals surface area contributed by atoms with Gasteiger partial charge in [-0.25, -0.2) is 4.39 Å². The van der Waals surface area contributed by atoms with E-state index in [2.05, 4.69) is 39.9 Å². The van der Waals surface area contributed by atoms with Crippen LogP contribution >= 0.6 is 0 Å². The van der Waals surface area contributed by atoms with E-state index >= 15 is 0 Å². The molecule has 2 heterocycles. The van der Waals surface area contributed by atoms with E-state index in [1.54, 1.807) is 12.1 Å². The van der Waals surface area contributed by atoms with Gasteiger partial charge in [-0.15, -0.1) is 0 Å². The van der Waals surface area contributed by atoms with Crippen molar-refractivity contribution in [2.75, 3.05) is 19.6 Å². The van der Waals surface area contributed by atoms with Crippen LogP contribution < -0.4 is 0 Å². The van der Waals surface area contributed by atoms with Crippen molar-refractivity contribution in [3.63, 3.8) is 0 Å². The molecule has 1 saturated heterocycles. The summed E-state index contributed by atoms with van der Waals surface area (Å²) in [5.74, 6) is 1.85. The number of hydrogen-bond acceptors (Lipinski definition) is 1. The highest BCUT2D eigenvalue weighted by molar-refractivity contribution is 5.85. The van der Waals surface area contributed by atoms with E-state index in [4.69, 9.17) is 0 Å². The number of nitrogens with zero attached hydrogens (tertiary/aromatic N) is 2. The number of aryl methyl sites for hydroxylation is 1. The minimum Gasteiger partial charge on any atom is -0.316 e. The van der Waals surface area contributed by atoms with Crippen molar-refractivity contribution in [1.29, 1.82) is 0 Å². The summed E-state index contributed by atoms with van der Waals surface area (Å²) in [5.41, 5.74) is 3.63. The summed E-state index contributed by atoms with van der Waals surface area (Å²) in [6.45, 7) is 3.87. The number of halogens is 1. The second-order valence-corrected chi connectivity index (χ2v) is 10.1. The molecule has 2 aromatic carbocycles. The van der Waals surface area contributed by atoms with Gasteiger partial charge in [-0.3, -0.25) is 0 Å². The van der Waals surface area contributed by atoms with Crippen molar-refractivity contribution in [2.45, 2.75) is 64.2 Å². The molecule has 5 rings (SSSR count). The van der Waals surface area contributed by atoms with Crippen LogP contribution in [-0.4, -0.2) is 29.1 Å². The molecule has 32 heavy (non-hydrogen) atoms. The van der Waals surface area contributed by atoms with Crippen molar-refractivity contribution in [2.24, 2.45) is 11.8 Å². The molecule has 1 saturated carbocycles. The Morgan fingerprint density at radius 1 is 0.781 bits per heavy atom. The Kier molecular flexibility index (Phi) is 6.92. The third-order valence-corrected chi connectivity index (χ3v) is 8.02. The Bertz CT molecular complexity index is 992. The molecule has 2 aliphatic rings. The van der Waals surface area contributed by atoms with Gasteiger partial charge in [0, 0.05) is 17.3 Å². The number of aromatic nitrogens is 1. The zero-order chi connectivity index (χ0) is 21.8. The van der Waals surface area contributed by atoms with Crippen molar-refractivity contribution in [3.8, 4) is 5.69 Å². The van der Waals surface area contributed by atoms with Crippen LogP contribution in [-0.2, 0) is 6.42 Å². The van der Waals surface area contributed by atoms with Gasteiger partial charge in [0.1, 0.15) is 5.82 Å². The highest BCUT2D eigenvalue weighted by Gasteiger charge is 2.27. The summed E-state index contributed by atoms with van der Waals surface area (Å²) in [6.07, 6.45) is 16.1. The van der Waals surface area contributed by atoms with Crippen LogP contribution in [0.4, 0.5) is 4.39 Å². The number of fused-ring (bicyclic) bond motifs is 1. The Hall–Kier alpha value is -2.13. The van der Waals surface area contributed by atoms with Crippen molar-refractivity contribution >= 4 is 10.9 Å². The number of piperidine rings is 1. The van der Waals surface area contributed by atoms with E-state index in [1.165, 1.54) is 93.9 Å². The summed E-state index contributed by atoms with van der Waals surface area (Å²) < 4.78 is 15.6. The SMILES string of the molecule is Fc1ccc(-n2cc(CCCCN3CCC(C4CCCCC4)CC3)c3ccccc32)cc1. The molecule has 170 valence electrons. The minimum absolute atomic E-state index is 0.187. The lowest BCUT2D eigenvalue weighted by molar-refractivity contribution is 0.126. The van der Waals surface area contributed by atoms with E-state index in [0.717, 1.165) is 23.9 Å². The quantitative estimate of drug-likeness (QED) is 0.353. The summed E-state index contributed by atoms with van der Waals surface area (Å²) in [7, 11) is 0. The monoisotopic (exact) mass is 432 g/mol. The molecule has 1 aliphatic carbocycles. The highest BCUT2D eigenvalue weighted by Crippen LogP contribution is 2.35. The van der Waals surface area contributed by atoms with Crippen LogP contribution in [0.25, 0.3) is 16.6 Å². The molecule has 1 aromatic heterocycles. The summed E-state index contributed by atoms with van der Waals surface area (Å²) in [5, 5.41) is 1.32. The van der Waals surface area contributed by atoms with E-state index in [1.807, 2.05) is 12.1 Å². The van der Waals surface area contributed by atoms with Gasteiger partial charge >= 0.3 is 0 Å². The summed E-state index contributed by atoms with van der Waals surface area (Å²) in [4.78, 5) is 2.71. The smallest absolute Gasteiger partial charge is 0.123 e. The first kappa shape index (κ1) is 21.7. The zero-order valence-electron chi connectivity index (χ0n) is 19.3. The van der Waals surface area contributed by atoms with Crippen LogP contribution in [0.15, 0.2) is 54.7 Å². The average molecular weight is 433 g/mol. The standard InChI is InChI=1S/C29H37FN2/c30-26-13-15-27(16-14-26)32-22-25(28-11-4-5-12-29(28)32)10-6-7-19-31-20-17-24(18-21-31)23-8-2-1-3-9-23/h4-5,11-16,22-24H,1-3,6-10,17-21H2. The molecule has 2 nitrogen and oxygen atoms in total. The van der Waals surface area contributed by atoms with Gasteiger partial charge in [0.25, 0.3) is 0 Å². The predicted octanol–water partition coefficient (Wildman–Crippen LogP) is 7.38. The van der Waals surface area contributed by atoms with Crippen LogP contribution in [0, 0.1) is 17.7 Å². The average Bonchev–Trinajstić information content (AvgIpc) is 3.22. The van der Waals surface area contributed by atoms with E-state index < -0.39 is 0 Å². The van der Waals surface area contributed by atoms with E-state index in [9.17, 15) is 4.39 Å². The highest BCUT2D eigenvalue weighted by atomic mass is 19.1. The Morgan fingerprint density at radius 2 is 1.50 bits per heavy atom. The Labute approximate surface area is 192 Å². The maximum Gasteiger partial charge on any atom is 0.123 e. The third-order valence-electron chi connectivity index (χ3n) is 8.02. The molecule has 3 heteroatoms. The van der Waals surface area contributed by atoms with Crippen LogP contribution in [0.2, 0.25) is 0 Å². The molecule has 0 unspecified atom stereocenters. The lowest BCUT2D eigenvalue weighted by Crippen LogP contribution is -2.37. The third kappa shape index (κ3) is 4.93. The number of hydrogen-bond donors (Lipinski definition) is 0. The fourth-order valence-corrected chi connectivity index (χ4v) is 6.17. The van der Waals surface area contributed by atoms with Crippen LogP contribution in [0.5, 0.6) is 0 Å². The minimum atomic E-state index is -0.187. The van der Waals surface area contributed by atoms with Gasteiger partial charge in [-0.1, -0.05) is 50.3 Å². The lowest BCUT2D eigenvalue weighted by atomic mass is 9.76. The first-order valence-electron chi connectivity index (χ1n) is 12.9. The molecule has 0 N–H and O–H groups in total. The number of likely N-dealkylation sites (tertiary alicyclic amines) is 1. The molecule has 0 bridgehead atoms. The molecule has 0 atom stereocenters. The topological polar surface area (TPSA) is 8.17 Å². The van der Waals surface area contributed by atoms with E-state index in [-0.39, 0.29) is 5.82 Å². The zero-order valence-corrected chi connectivity index (χ0v) is 19.3. The maximum absolute atomic E-state index is 13.4. The van der Waals surface area contributed by atoms with Gasteiger partial charge in [0.2, 0.25) is 0 Å². The number of rotatable bonds is 7. The molecule has 0 spiro atoms. The van der Waals surface area contributed by atoms with Crippen molar-refractivity contribution in [3.05, 3.63) is 66.1 Å². The van der Waals surface area contributed by atoms with Gasteiger partial charge in [-0.2, -0.15) is 0 Å². The Balaban J connectivity index is 1.14. The predicted molar refractivity (Wildman–Crippen MR) is 132 cm³/mol. The second kappa shape index (κ2) is 10.2. The number of unbranched alkanes of at least 4 members (excludes halogenated alkanes) is 1. The first-order chi connectivity index (χ1) is 15.8. The van der Waals surface area contributed by atoms with Crippen molar-refractivity contribution in [1.82, 2.24) is 9.47 Å². The van der Waals surface area contributed by atoms with E-state index in [0.29, 0.717) is 0 Å². The maximum atomic E-state index is 13.4. The molecular formula is C29H37FN2. The molecule has 1 aliphatic heterocycles. The molecule has 2 fully saturated rings. The number of para-hydroxylation sites is 1. The van der Waals surface area contributed by atoms with Crippen LogP contribution in [0.3, 0.4) is 0 Å². The first-order valence-corrected chi connectivity index (χ1v) is 12.9. The molecule has 3 aromatic rings. The number of benzene rings is 2. The molecule has 0 radical (unpaired) electrons. The van der Waals surface area contributed by atoms with Gasteiger partial charge in [0.05, 0.1) is 5.52 Å². The fourth-order valence-electron chi connectivity index (χ4n) is 6.17. The largest absolute Gasteiger partial charge is 0.316 e. The second-order valence-electron chi connectivity index (χ2n) is 10.1. The normalized spacial score (nSPS) is 19.0. The summed E-state index contributed by atoms with van der Waals surface area (Å²) in [6, 6.07) is 15.4. The van der Waals surface area contributed by atoms with Crippen molar-refractivity contribution < 1.29 is 4.39 Å². The fraction of sp³-hybridized carbons (Fsp3) is 0.517.